The van der Waals surface area contributed by atoms with E-state index in [4.69, 9.17) is 0 Å². The minimum absolute atomic E-state index is 0.0688. The van der Waals surface area contributed by atoms with Crippen LogP contribution in [-0.2, 0) is 9.59 Å². The fourth-order valence-corrected chi connectivity index (χ4v) is 2.97. The molecule has 1 atom stereocenters. The van der Waals surface area contributed by atoms with Crippen molar-refractivity contribution in [2.45, 2.75) is 57.9 Å². The van der Waals surface area contributed by atoms with Crippen LogP contribution in [0.15, 0.2) is 30.3 Å². The van der Waals surface area contributed by atoms with Crippen molar-refractivity contribution in [2.75, 3.05) is 0 Å². The maximum atomic E-state index is 13.3. The summed E-state index contributed by atoms with van der Waals surface area (Å²) in [5.41, 5.74) is 0.862. The predicted molar refractivity (Wildman–Crippen MR) is 88.7 cm³/mol. The normalized spacial score (nSPS) is 19.0. The Labute approximate surface area is 141 Å². The van der Waals surface area contributed by atoms with Crippen LogP contribution in [0.25, 0.3) is 0 Å². The first kappa shape index (κ1) is 18.6. The van der Waals surface area contributed by atoms with Gasteiger partial charge in [-0.2, -0.15) is 0 Å². The Hall–Kier alpha value is -1.78. The number of carbonyl (C=O) groups excluding carboxylic acids is 2. The van der Waals surface area contributed by atoms with E-state index >= 15 is 0 Å². The van der Waals surface area contributed by atoms with Crippen LogP contribution in [0.1, 0.15) is 57.6 Å². The highest BCUT2D eigenvalue weighted by Crippen LogP contribution is 2.36. The molecule has 1 unspecified atom stereocenters. The van der Waals surface area contributed by atoms with E-state index in [9.17, 15) is 18.4 Å². The minimum atomic E-state index is -2.65. The van der Waals surface area contributed by atoms with Gasteiger partial charge in [0, 0.05) is 31.1 Å². The molecule has 1 aromatic carbocycles. The molecule has 1 amide bonds. The summed E-state index contributed by atoms with van der Waals surface area (Å²) < 4.78 is 26.5. The fraction of sp³-hybridized carbons (Fsp3) is 0.579. The molecule has 1 aromatic rings. The van der Waals surface area contributed by atoms with Crippen LogP contribution >= 0.6 is 0 Å². The topological polar surface area (TPSA) is 46.2 Å². The predicted octanol–water partition coefficient (Wildman–Crippen LogP) is 4.28. The second-order valence-electron chi connectivity index (χ2n) is 6.93. The van der Waals surface area contributed by atoms with E-state index < -0.39 is 17.9 Å². The summed E-state index contributed by atoms with van der Waals surface area (Å²) in [5, 5.41) is 2.91. The third kappa shape index (κ3) is 5.11. The van der Waals surface area contributed by atoms with Crippen LogP contribution in [0, 0.1) is 11.8 Å². The number of benzene rings is 1. The van der Waals surface area contributed by atoms with Gasteiger partial charge in [0.05, 0.1) is 6.04 Å². The van der Waals surface area contributed by atoms with E-state index in [1.807, 2.05) is 44.2 Å². The highest BCUT2D eigenvalue weighted by atomic mass is 19.3. The quantitative estimate of drug-likeness (QED) is 0.842. The lowest BCUT2D eigenvalue weighted by Gasteiger charge is -2.29. The highest BCUT2D eigenvalue weighted by Gasteiger charge is 2.37. The highest BCUT2D eigenvalue weighted by molar-refractivity contribution is 5.83. The summed E-state index contributed by atoms with van der Waals surface area (Å²) in [6, 6.07) is 8.92. The smallest absolute Gasteiger partial charge is 0.248 e. The Morgan fingerprint density at radius 1 is 1.17 bits per heavy atom. The first-order chi connectivity index (χ1) is 11.3. The van der Waals surface area contributed by atoms with Crippen molar-refractivity contribution in [3.63, 3.8) is 0 Å². The van der Waals surface area contributed by atoms with E-state index in [0.717, 1.165) is 5.56 Å². The van der Waals surface area contributed by atoms with Crippen LogP contribution < -0.4 is 5.32 Å². The van der Waals surface area contributed by atoms with E-state index in [2.05, 4.69) is 5.32 Å². The van der Waals surface area contributed by atoms with Crippen molar-refractivity contribution in [1.29, 1.82) is 0 Å². The van der Waals surface area contributed by atoms with Gasteiger partial charge in [-0.25, -0.2) is 8.78 Å². The largest absolute Gasteiger partial charge is 0.349 e. The second-order valence-corrected chi connectivity index (χ2v) is 6.93. The Balaban J connectivity index is 2.05. The molecule has 0 bridgehead atoms. The van der Waals surface area contributed by atoms with Gasteiger partial charge in [-0.1, -0.05) is 44.2 Å². The van der Waals surface area contributed by atoms with E-state index in [-0.39, 0.29) is 49.7 Å². The van der Waals surface area contributed by atoms with Crippen molar-refractivity contribution < 1.29 is 18.4 Å². The molecule has 0 radical (unpaired) electrons. The first-order valence-corrected chi connectivity index (χ1v) is 8.54. The van der Waals surface area contributed by atoms with Crippen LogP contribution in [0.2, 0.25) is 0 Å². The van der Waals surface area contributed by atoms with Crippen LogP contribution in [0.5, 0.6) is 0 Å². The van der Waals surface area contributed by atoms with Crippen LogP contribution in [0.4, 0.5) is 8.78 Å². The summed E-state index contributed by atoms with van der Waals surface area (Å²) in [7, 11) is 0. The lowest BCUT2D eigenvalue weighted by atomic mass is 9.85. The summed E-state index contributed by atoms with van der Waals surface area (Å²) in [4.78, 5) is 24.6. The van der Waals surface area contributed by atoms with E-state index in [1.54, 1.807) is 0 Å². The molecule has 132 valence electrons. The zero-order valence-corrected chi connectivity index (χ0v) is 14.2. The van der Waals surface area contributed by atoms with Gasteiger partial charge >= 0.3 is 0 Å². The van der Waals surface area contributed by atoms with Crippen LogP contribution in [0.3, 0.4) is 0 Å². The number of alkyl halides is 2. The molecule has 24 heavy (non-hydrogen) atoms. The van der Waals surface area contributed by atoms with Crippen molar-refractivity contribution in [3.8, 4) is 0 Å². The number of rotatable bonds is 6. The van der Waals surface area contributed by atoms with Gasteiger partial charge in [0.1, 0.15) is 5.78 Å². The minimum Gasteiger partial charge on any atom is -0.349 e. The third-order valence-electron chi connectivity index (χ3n) is 4.66. The summed E-state index contributed by atoms with van der Waals surface area (Å²) in [6.07, 6.45) is 0.116. The Kier molecular flexibility index (Phi) is 6.08. The van der Waals surface area contributed by atoms with Gasteiger partial charge in [-0.3, -0.25) is 9.59 Å². The second kappa shape index (κ2) is 7.86. The van der Waals surface area contributed by atoms with Crippen LogP contribution in [-0.4, -0.2) is 17.6 Å². The third-order valence-corrected chi connectivity index (χ3v) is 4.66. The molecule has 0 heterocycles. The molecule has 2 rings (SSSR count). The maximum Gasteiger partial charge on any atom is 0.248 e. The van der Waals surface area contributed by atoms with Gasteiger partial charge in [0.2, 0.25) is 11.8 Å². The Bertz CT molecular complexity index is 562. The Morgan fingerprint density at radius 2 is 1.75 bits per heavy atom. The molecular weight excluding hydrogens is 312 g/mol. The number of halogens is 2. The van der Waals surface area contributed by atoms with Crippen molar-refractivity contribution in [2.24, 2.45) is 11.8 Å². The van der Waals surface area contributed by atoms with Gasteiger partial charge in [0.15, 0.2) is 0 Å². The average molecular weight is 337 g/mol. The van der Waals surface area contributed by atoms with Gasteiger partial charge in [-0.15, -0.1) is 0 Å². The number of nitrogens with one attached hydrogen (secondary N) is 1. The number of hydrogen-bond acceptors (Lipinski definition) is 2. The molecule has 1 fully saturated rings. The molecule has 3 nitrogen and oxygen atoms in total. The zero-order valence-electron chi connectivity index (χ0n) is 14.2. The molecule has 0 aliphatic heterocycles. The lowest BCUT2D eigenvalue weighted by Crippen LogP contribution is -2.38. The van der Waals surface area contributed by atoms with E-state index in [1.165, 1.54) is 0 Å². The standard InChI is InChI=1S/C19H25F2NO2/c1-13(2)17(23)12-16(14-6-4-3-5-7-14)22-18(24)15-8-10-19(20,21)11-9-15/h3-7,13,15-16H,8-12H2,1-2H3,(H,22,24). The fourth-order valence-electron chi connectivity index (χ4n) is 2.97. The van der Waals surface area contributed by atoms with Crippen molar-refractivity contribution >= 4 is 11.7 Å². The molecule has 1 saturated carbocycles. The Morgan fingerprint density at radius 3 is 2.29 bits per heavy atom. The molecule has 5 heteroatoms. The molecule has 0 spiro atoms. The maximum absolute atomic E-state index is 13.3. The van der Waals surface area contributed by atoms with Gasteiger partial charge in [0.25, 0.3) is 0 Å². The molecule has 1 aliphatic rings. The SMILES string of the molecule is CC(C)C(=O)CC(NC(=O)C1CCC(F)(F)CC1)c1ccccc1. The van der Waals surface area contributed by atoms with E-state index in [0.29, 0.717) is 0 Å². The molecular formula is C19H25F2NO2. The van der Waals surface area contributed by atoms with Gasteiger partial charge < -0.3 is 5.32 Å². The van der Waals surface area contributed by atoms with Crippen molar-refractivity contribution in [1.82, 2.24) is 5.32 Å². The number of Topliss-reactive ketones (excluding diaryl/α,β-unsaturated/α-hetero) is 1. The van der Waals surface area contributed by atoms with Crippen molar-refractivity contribution in [3.05, 3.63) is 35.9 Å². The number of ketones is 1. The summed E-state index contributed by atoms with van der Waals surface area (Å²) in [6.45, 7) is 3.66. The summed E-state index contributed by atoms with van der Waals surface area (Å²) in [5.74, 6) is -3.31. The lowest BCUT2D eigenvalue weighted by molar-refractivity contribution is -0.130. The molecule has 0 saturated heterocycles. The zero-order chi connectivity index (χ0) is 17.7. The number of hydrogen-bond donors (Lipinski definition) is 1. The number of amides is 1. The number of carbonyl (C=O) groups is 2. The average Bonchev–Trinajstić information content (AvgIpc) is 2.54. The molecule has 0 aromatic heterocycles. The monoisotopic (exact) mass is 337 g/mol. The molecule has 1 aliphatic carbocycles. The first-order valence-electron chi connectivity index (χ1n) is 8.54. The molecule has 1 N–H and O–H groups in total. The summed E-state index contributed by atoms with van der Waals surface area (Å²) >= 11 is 0. The van der Waals surface area contributed by atoms with Gasteiger partial charge in [-0.05, 0) is 18.4 Å².